The summed E-state index contributed by atoms with van der Waals surface area (Å²) < 4.78 is 1.22. The van der Waals surface area contributed by atoms with E-state index in [0.29, 0.717) is 0 Å². The molecule has 0 saturated heterocycles. The molecule has 0 aliphatic heterocycles. The molecule has 0 radical (unpaired) electrons. The molecule has 0 aromatic heterocycles. The Bertz CT molecular complexity index is 52.9. The molecule has 0 aromatic carbocycles. The van der Waals surface area contributed by atoms with E-state index in [2.05, 4.69) is 41.8 Å². The fourth-order valence-electron chi connectivity index (χ4n) is 0.836. The SMILES string of the molecule is CCC(CC)NCCI. The topological polar surface area (TPSA) is 12.0 Å². The zero-order chi connectivity index (χ0) is 7.11. The zero-order valence-electron chi connectivity index (χ0n) is 6.28. The van der Waals surface area contributed by atoms with Crippen LogP contribution in [0.15, 0.2) is 0 Å². The first kappa shape index (κ1) is 9.69. The smallest absolute Gasteiger partial charge is 0.0121 e. The number of hydrogen-bond donors (Lipinski definition) is 1. The van der Waals surface area contributed by atoms with E-state index in [9.17, 15) is 0 Å². The second kappa shape index (κ2) is 6.81. The summed E-state index contributed by atoms with van der Waals surface area (Å²) in [5.41, 5.74) is 0. The van der Waals surface area contributed by atoms with Crippen molar-refractivity contribution >= 4 is 22.6 Å². The van der Waals surface area contributed by atoms with Crippen LogP contribution in [-0.4, -0.2) is 17.0 Å². The quantitative estimate of drug-likeness (QED) is 0.574. The Balaban J connectivity index is 3.09. The van der Waals surface area contributed by atoms with Gasteiger partial charge in [-0.1, -0.05) is 36.4 Å². The molecule has 0 fully saturated rings. The first-order chi connectivity index (χ1) is 4.35. The summed E-state index contributed by atoms with van der Waals surface area (Å²) in [4.78, 5) is 0. The van der Waals surface area contributed by atoms with Crippen LogP contribution in [0.4, 0.5) is 0 Å². The van der Waals surface area contributed by atoms with Gasteiger partial charge in [0.1, 0.15) is 0 Å². The maximum absolute atomic E-state index is 3.46. The molecule has 1 N–H and O–H groups in total. The molecular weight excluding hydrogens is 225 g/mol. The van der Waals surface area contributed by atoms with Gasteiger partial charge in [0.2, 0.25) is 0 Å². The second-order valence-electron chi connectivity index (χ2n) is 2.16. The molecule has 0 rings (SSSR count). The van der Waals surface area contributed by atoms with Crippen LogP contribution >= 0.6 is 22.6 Å². The molecule has 0 atom stereocenters. The minimum absolute atomic E-state index is 0.750. The van der Waals surface area contributed by atoms with Crippen molar-refractivity contribution in [3.63, 3.8) is 0 Å². The van der Waals surface area contributed by atoms with Crippen molar-refractivity contribution in [2.45, 2.75) is 32.7 Å². The van der Waals surface area contributed by atoms with E-state index in [1.54, 1.807) is 0 Å². The van der Waals surface area contributed by atoms with Gasteiger partial charge in [-0.15, -0.1) is 0 Å². The van der Waals surface area contributed by atoms with Gasteiger partial charge in [-0.2, -0.15) is 0 Å². The van der Waals surface area contributed by atoms with E-state index in [4.69, 9.17) is 0 Å². The molecule has 0 aliphatic carbocycles. The predicted molar refractivity (Wildman–Crippen MR) is 51.3 cm³/mol. The third kappa shape index (κ3) is 5.15. The van der Waals surface area contributed by atoms with Crippen molar-refractivity contribution < 1.29 is 0 Å². The highest BCUT2D eigenvalue weighted by atomic mass is 127. The van der Waals surface area contributed by atoms with Crippen molar-refractivity contribution in [1.29, 1.82) is 0 Å². The highest BCUT2D eigenvalue weighted by molar-refractivity contribution is 14.1. The molecule has 0 bridgehead atoms. The van der Waals surface area contributed by atoms with Gasteiger partial charge in [0.25, 0.3) is 0 Å². The van der Waals surface area contributed by atoms with Gasteiger partial charge >= 0.3 is 0 Å². The third-order valence-electron chi connectivity index (χ3n) is 1.51. The summed E-state index contributed by atoms with van der Waals surface area (Å²) in [6, 6.07) is 0.750. The lowest BCUT2D eigenvalue weighted by Crippen LogP contribution is -2.29. The van der Waals surface area contributed by atoms with Crippen LogP contribution in [0.25, 0.3) is 0 Å². The molecule has 0 amide bonds. The van der Waals surface area contributed by atoms with Gasteiger partial charge in [0, 0.05) is 17.0 Å². The first-order valence-corrected chi connectivity index (χ1v) is 5.17. The summed E-state index contributed by atoms with van der Waals surface area (Å²) in [5.74, 6) is 0. The number of rotatable bonds is 5. The molecule has 0 heterocycles. The van der Waals surface area contributed by atoms with Crippen molar-refractivity contribution in [2.24, 2.45) is 0 Å². The Kier molecular flexibility index (Phi) is 7.33. The van der Waals surface area contributed by atoms with Crippen LogP contribution in [0.2, 0.25) is 0 Å². The van der Waals surface area contributed by atoms with Crippen molar-refractivity contribution in [2.75, 3.05) is 11.0 Å². The number of alkyl halides is 1. The maximum Gasteiger partial charge on any atom is 0.0121 e. The van der Waals surface area contributed by atoms with Crippen LogP contribution in [0.3, 0.4) is 0 Å². The molecule has 0 saturated carbocycles. The third-order valence-corrected chi connectivity index (χ3v) is 2.05. The van der Waals surface area contributed by atoms with E-state index in [0.717, 1.165) is 12.6 Å². The Morgan fingerprint density at radius 2 is 1.89 bits per heavy atom. The molecule has 0 unspecified atom stereocenters. The van der Waals surface area contributed by atoms with Crippen LogP contribution < -0.4 is 5.32 Å². The van der Waals surface area contributed by atoms with Crippen LogP contribution in [0.1, 0.15) is 26.7 Å². The summed E-state index contributed by atoms with van der Waals surface area (Å²) in [6.07, 6.45) is 2.51. The fraction of sp³-hybridized carbons (Fsp3) is 1.00. The Hall–Kier alpha value is 0.690. The molecule has 2 heteroatoms. The van der Waals surface area contributed by atoms with Gasteiger partial charge < -0.3 is 5.32 Å². The van der Waals surface area contributed by atoms with Crippen LogP contribution in [-0.2, 0) is 0 Å². The van der Waals surface area contributed by atoms with Crippen molar-refractivity contribution in [3.8, 4) is 0 Å². The lowest BCUT2D eigenvalue weighted by atomic mass is 10.2. The highest BCUT2D eigenvalue weighted by Crippen LogP contribution is 1.94. The van der Waals surface area contributed by atoms with Gasteiger partial charge in [-0.05, 0) is 12.8 Å². The molecule has 0 aliphatic rings. The van der Waals surface area contributed by atoms with Crippen LogP contribution in [0.5, 0.6) is 0 Å². The lowest BCUT2D eigenvalue weighted by molar-refractivity contribution is 0.502. The highest BCUT2D eigenvalue weighted by Gasteiger charge is 1.98. The standard InChI is InChI=1S/C7H16IN/c1-3-7(4-2)9-6-5-8/h7,9H,3-6H2,1-2H3. The monoisotopic (exact) mass is 241 g/mol. The Labute approximate surface area is 71.7 Å². The summed E-state index contributed by atoms with van der Waals surface area (Å²) >= 11 is 2.39. The molecule has 0 aromatic rings. The zero-order valence-corrected chi connectivity index (χ0v) is 8.44. The van der Waals surface area contributed by atoms with E-state index < -0.39 is 0 Å². The number of nitrogens with one attached hydrogen (secondary N) is 1. The molecule has 1 nitrogen and oxygen atoms in total. The minimum atomic E-state index is 0.750. The number of hydrogen-bond acceptors (Lipinski definition) is 1. The normalized spacial score (nSPS) is 10.7. The average Bonchev–Trinajstić information content (AvgIpc) is 1.91. The van der Waals surface area contributed by atoms with Gasteiger partial charge in [-0.3, -0.25) is 0 Å². The fourth-order valence-corrected chi connectivity index (χ4v) is 1.15. The minimum Gasteiger partial charge on any atom is -0.313 e. The predicted octanol–water partition coefficient (Wildman–Crippen LogP) is 2.20. The van der Waals surface area contributed by atoms with E-state index in [1.165, 1.54) is 17.3 Å². The Morgan fingerprint density at radius 1 is 1.33 bits per heavy atom. The van der Waals surface area contributed by atoms with Crippen molar-refractivity contribution in [1.82, 2.24) is 5.32 Å². The van der Waals surface area contributed by atoms with Crippen LogP contribution in [0, 0.1) is 0 Å². The molecule has 0 spiro atoms. The molecular formula is C7H16IN. The molecule has 56 valence electrons. The lowest BCUT2D eigenvalue weighted by Gasteiger charge is -2.12. The molecule has 9 heavy (non-hydrogen) atoms. The summed E-state index contributed by atoms with van der Waals surface area (Å²) in [7, 11) is 0. The van der Waals surface area contributed by atoms with Gasteiger partial charge in [0.15, 0.2) is 0 Å². The summed E-state index contributed by atoms with van der Waals surface area (Å²) in [5, 5.41) is 3.46. The van der Waals surface area contributed by atoms with Gasteiger partial charge in [-0.25, -0.2) is 0 Å². The van der Waals surface area contributed by atoms with E-state index >= 15 is 0 Å². The summed E-state index contributed by atoms with van der Waals surface area (Å²) in [6.45, 7) is 5.62. The largest absolute Gasteiger partial charge is 0.313 e. The number of halogens is 1. The van der Waals surface area contributed by atoms with Gasteiger partial charge in [0.05, 0.1) is 0 Å². The van der Waals surface area contributed by atoms with Crippen molar-refractivity contribution in [3.05, 3.63) is 0 Å². The first-order valence-electron chi connectivity index (χ1n) is 3.64. The Morgan fingerprint density at radius 3 is 2.22 bits per heavy atom. The maximum atomic E-state index is 3.46. The van der Waals surface area contributed by atoms with E-state index in [-0.39, 0.29) is 0 Å². The second-order valence-corrected chi connectivity index (χ2v) is 3.24. The average molecular weight is 241 g/mol. The van der Waals surface area contributed by atoms with E-state index in [1.807, 2.05) is 0 Å².